The Morgan fingerprint density at radius 3 is 2.76 bits per heavy atom. The van der Waals surface area contributed by atoms with Crippen LogP contribution in [0, 0.1) is 0 Å². The Hall–Kier alpha value is -1.64. The number of hydrogen-bond donors (Lipinski definition) is 1. The number of anilines is 1. The third-order valence-electron chi connectivity index (χ3n) is 5.19. The van der Waals surface area contributed by atoms with Crippen LogP contribution in [0.3, 0.4) is 0 Å². The number of carbonyl (C=O) groups is 1. The van der Waals surface area contributed by atoms with Gasteiger partial charge in [0.05, 0.1) is 31.0 Å². The number of ether oxygens (including phenoxy) is 2. The number of amides is 1. The Kier molecular flexibility index (Phi) is 6.86. The molecule has 2 atom stereocenters. The number of carbonyl (C=O) groups excluding carboxylic acids is 1. The van der Waals surface area contributed by atoms with Gasteiger partial charge in [-0.2, -0.15) is 0 Å². The fourth-order valence-corrected chi connectivity index (χ4v) is 4.08. The average Bonchev–Trinajstić information content (AvgIpc) is 2.64. The molecule has 1 amide bonds. The van der Waals surface area contributed by atoms with Crippen LogP contribution >= 0.6 is 11.6 Å². The summed E-state index contributed by atoms with van der Waals surface area (Å²) >= 11 is 6.32. The number of halogens is 1. The lowest BCUT2D eigenvalue weighted by Crippen LogP contribution is -2.47. The molecule has 162 valence electrons. The van der Waals surface area contributed by atoms with Crippen molar-refractivity contribution in [2.75, 3.05) is 37.8 Å². The Morgan fingerprint density at radius 1 is 1.34 bits per heavy atom. The number of hydrogen-bond acceptors (Lipinski definition) is 7. The van der Waals surface area contributed by atoms with Crippen molar-refractivity contribution in [3.05, 3.63) is 16.5 Å². The highest BCUT2D eigenvalue weighted by atomic mass is 35.5. The van der Waals surface area contributed by atoms with Crippen LogP contribution in [0.5, 0.6) is 0 Å². The monoisotopic (exact) mass is 426 g/mol. The van der Waals surface area contributed by atoms with Crippen LogP contribution in [0.2, 0.25) is 5.28 Å². The zero-order chi connectivity index (χ0) is 21.2. The molecule has 8 nitrogen and oxygen atoms in total. The van der Waals surface area contributed by atoms with E-state index in [9.17, 15) is 9.90 Å². The SMILES string of the molecule is C[C@H]1COCCN1c1nc(Cl)nc2c1CCN(C(=O)OC(C)(C)C)C2CCCO. The maximum Gasteiger partial charge on any atom is 0.410 e. The summed E-state index contributed by atoms with van der Waals surface area (Å²) in [5, 5.41) is 9.55. The molecule has 0 bridgehead atoms. The van der Waals surface area contributed by atoms with Crippen LogP contribution in [0.1, 0.15) is 57.8 Å². The fraction of sp³-hybridized carbons (Fsp3) is 0.750. The highest BCUT2D eigenvalue weighted by Gasteiger charge is 2.37. The van der Waals surface area contributed by atoms with Gasteiger partial charge in [-0.25, -0.2) is 14.8 Å². The first-order chi connectivity index (χ1) is 13.7. The first-order valence-electron chi connectivity index (χ1n) is 10.2. The lowest BCUT2D eigenvalue weighted by atomic mass is 9.94. The van der Waals surface area contributed by atoms with E-state index in [0.29, 0.717) is 39.0 Å². The van der Waals surface area contributed by atoms with E-state index < -0.39 is 5.60 Å². The average molecular weight is 427 g/mol. The third-order valence-corrected chi connectivity index (χ3v) is 5.36. The molecule has 3 rings (SSSR count). The number of aliphatic hydroxyl groups excluding tert-OH is 1. The second kappa shape index (κ2) is 9.02. The molecule has 1 unspecified atom stereocenters. The van der Waals surface area contributed by atoms with E-state index in [0.717, 1.165) is 23.6 Å². The number of morpholine rings is 1. The van der Waals surface area contributed by atoms with Crippen LogP contribution < -0.4 is 4.90 Å². The summed E-state index contributed by atoms with van der Waals surface area (Å²) in [4.78, 5) is 25.8. The molecule has 1 fully saturated rings. The zero-order valence-corrected chi connectivity index (χ0v) is 18.4. The van der Waals surface area contributed by atoms with Gasteiger partial charge in [0, 0.05) is 25.3 Å². The summed E-state index contributed by atoms with van der Waals surface area (Å²) in [6.45, 7) is 10.2. The molecule has 0 aliphatic carbocycles. The van der Waals surface area contributed by atoms with E-state index in [1.54, 1.807) is 4.90 Å². The summed E-state index contributed by atoms with van der Waals surface area (Å²) in [6, 6.07) is -0.130. The second-order valence-corrected chi connectivity index (χ2v) is 8.94. The summed E-state index contributed by atoms with van der Waals surface area (Å²) in [6.07, 6.45) is 1.38. The minimum Gasteiger partial charge on any atom is -0.444 e. The molecule has 1 aromatic heterocycles. The van der Waals surface area contributed by atoms with E-state index >= 15 is 0 Å². The van der Waals surface area contributed by atoms with E-state index in [-0.39, 0.29) is 30.1 Å². The van der Waals surface area contributed by atoms with Gasteiger partial charge in [-0.05, 0) is 58.6 Å². The van der Waals surface area contributed by atoms with E-state index in [4.69, 9.17) is 21.1 Å². The van der Waals surface area contributed by atoms with E-state index in [1.807, 2.05) is 20.8 Å². The van der Waals surface area contributed by atoms with Crippen molar-refractivity contribution in [1.29, 1.82) is 0 Å². The highest BCUT2D eigenvalue weighted by Crippen LogP contribution is 2.38. The van der Waals surface area contributed by atoms with Crippen LogP contribution in [0.15, 0.2) is 0 Å². The Balaban J connectivity index is 1.99. The van der Waals surface area contributed by atoms with Crippen molar-refractivity contribution in [1.82, 2.24) is 14.9 Å². The fourth-order valence-electron chi connectivity index (χ4n) is 3.91. The van der Waals surface area contributed by atoms with E-state index in [2.05, 4.69) is 21.8 Å². The van der Waals surface area contributed by atoms with Gasteiger partial charge in [0.15, 0.2) is 0 Å². The van der Waals surface area contributed by atoms with Gasteiger partial charge in [0.2, 0.25) is 5.28 Å². The van der Waals surface area contributed by atoms with Gasteiger partial charge in [0.1, 0.15) is 11.4 Å². The van der Waals surface area contributed by atoms with Crippen LogP contribution in [-0.2, 0) is 15.9 Å². The van der Waals surface area contributed by atoms with Gasteiger partial charge < -0.3 is 19.5 Å². The maximum atomic E-state index is 12.9. The predicted octanol–water partition coefficient (Wildman–Crippen LogP) is 2.96. The van der Waals surface area contributed by atoms with E-state index in [1.165, 1.54) is 0 Å². The molecule has 1 saturated heterocycles. The minimum absolute atomic E-state index is 0.0418. The molecule has 0 spiro atoms. The number of fused-ring (bicyclic) bond motifs is 1. The smallest absolute Gasteiger partial charge is 0.410 e. The second-order valence-electron chi connectivity index (χ2n) is 8.60. The van der Waals surface area contributed by atoms with Crippen molar-refractivity contribution in [3.63, 3.8) is 0 Å². The van der Waals surface area contributed by atoms with Crippen LogP contribution in [0.25, 0.3) is 0 Å². The quantitative estimate of drug-likeness (QED) is 0.740. The molecule has 0 radical (unpaired) electrons. The van der Waals surface area contributed by atoms with Crippen molar-refractivity contribution in [3.8, 4) is 0 Å². The van der Waals surface area contributed by atoms with Crippen molar-refractivity contribution < 1.29 is 19.4 Å². The number of nitrogens with zero attached hydrogens (tertiary/aromatic N) is 4. The van der Waals surface area contributed by atoms with Gasteiger partial charge >= 0.3 is 6.09 Å². The number of rotatable bonds is 4. The van der Waals surface area contributed by atoms with Gasteiger partial charge in [-0.1, -0.05) is 0 Å². The molecule has 2 aliphatic rings. The first kappa shape index (κ1) is 22.1. The standard InChI is InChI=1S/C20H31ClN4O4/c1-13-12-28-11-9-24(13)17-14-7-8-25(19(27)29-20(2,3)4)15(6-5-10-26)16(14)22-18(21)23-17/h13,15,26H,5-12H2,1-4H3/t13-,15?/m0/s1. The number of aliphatic hydroxyl groups is 1. The molecule has 3 heterocycles. The van der Waals surface area contributed by atoms with Gasteiger partial charge in [-0.3, -0.25) is 4.90 Å². The summed E-state index contributed by atoms with van der Waals surface area (Å²) in [7, 11) is 0. The lowest BCUT2D eigenvalue weighted by Gasteiger charge is -2.40. The molecule has 2 aliphatic heterocycles. The Bertz CT molecular complexity index is 740. The maximum absolute atomic E-state index is 12.9. The van der Waals surface area contributed by atoms with Gasteiger partial charge in [-0.15, -0.1) is 0 Å². The summed E-state index contributed by atoms with van der Waals surface area (Å²) in [5.74, 6) is 0.827. The van der Waals surface area contributed by atoms with Crippen LogP contribution in [-0.4, -0.2) is 70.6 Å². The molecular weight excluding hydrogens is 396 g/mol. The molecule has 0 aromatic carbocycles. The summed E-state index contributed by atoms with van der Waals surface area (Å²) < 4.78 is 11.2. The zero-order valence-electron chi connectivity index (χ0n) is 17.7. The third kappa shape index (κ3) is 5.10. The number of aromatic nitrogens is 2. The topological polar surface area (TPSA) is 88.0 Å². The van der Waals surface area contributed by atoms with Crippen molar-refractivity contribution in [2.24, 2.45) is 0 Å². The Labute approximate surface area is 177 Å². The highest BCUT2D eigenvalue weighted by molar-refractivity contribution is 6.28. The molecule has 0 saturated carbocycles. The van der Waals surface area contributed by atoms with Crippen molar-refractivity contribution in [2.45, 2.75) is 64.6 Å². The normalized spacial score (nSPS) is 22.4. The lowest BCUT2D eigenvalue weighted by molar-refractivity contribution is 0.0119. The first-order valence-corrected chi connectivity index (χ1v) is 10.6. The molecule has 1 N–H and O–H groups in total. The molecular formula is C20H31ClN4O4. The minimum atomic E-state index is -0.587. The van der Waals surface area contributed by atoms with Gasteiger partial charge in [0.25, 0.3) is 0 Å². The summed E-state index contributed by atoms with van der Waals surface area (Å²) in [5.41, 5.74) is 1.19. The molecule has 1 aromatic rings. The predicted molar refractivity (Wildman–Crippen MR) is 110 cm³/mol. The Morgan fingerprint density at radius 2 is 2.10 bits per heavy atom. The van der Waals surface area contributed by atoms with Crippen molar-refractivity contribution >= 4 is 23.5 Å². The molecule has 29 heavy (non-hydrogen) atoms. The van der Waals surface area contributed by atoms with Crippen LogP contribution in [0.4, 0.5) is 10.6 Å². The largest absolute Gasteiger partial charge is 0.444 e. The molecule has 9 heteroatoms.